The SMILES string of the molecule is O=C(O)C(Cc1ccccc1)OC1CCNCC1. The predicted molar refractivity (Wildman–Crippen MR) is 68.5 cm³/mol. The van der Waals surface area contributed by atoms with Crippen LogP contribution in [0.25, 0.3) is 0 Å². The third-order valence-corrected chi connectivity index (χ3v) is 3.18. The van der Waals surface area contributed by atoms with Crippen molar-refractivity contribution in [1.29, 1.82) is 0 Å². The van der Waals surface area contributed by atoms with Gasteiger partial charge in [-0.25, -0.2) is 4.79 Å². The Morgan fingerprint density at radius 3 is 2.61 bits per heavy atom. The van der Waals surface area contributed by atoms with Gasteiger partial charge in [-0.2, -0.15) is 0 Å². The first-order chi connectivity index (χ1) is 8.75. The molecular weight excluding hydrogens is 230 g/mol. The van der Waals surface area contributed by atoms with Crippen LogP contribution in [-0.4, -0.2) is 36.4 Å². The molecule has 0 radical (unpaired) electrons. The van der Waals surface area contributed by atoms with Crippen LogP contribution < -0.4 is 5.32 Å². The molecule has 1 saturated heterocycles. The van der Waals surface area contributed by atoms with E-state index in [2.05, 4.69) is 5.32 Å². The Balaban J connectivity index is 1.93. The summed E-state index contributed by atoms with van der Waals surface area (Å²) in [5.74, 6) is -0.877. The predicted octanol–water partition coefficient (Wildman–Crippen LogP) is 1.45. The molecule has 2 N–H and O–H groups in total. The summed E-state index contributed by atoms with van der Waals surface area (Å²) >= 11 is 0. The Labute approximate surface area is 107 Å². The molecule has 1 unspecified atom stereocenters. The lowest BCUT2D eigenvalue weighted by atomic mass is 10.1. The fourth-order valence-corrected chi connectivity index (χ4v) is 2.19. The highest BCUT2D eigenvalue weighted by Gasteiger charge is 2.24. The second kappa shape index (κ2) is 6.52. The lowest BCUT2D eigenvalue weighted by molar-refractivity contribution is -0.155. The quantitative estimate of drug-likeness (QED) is 0.829. The molecule has 1 aromatic carbocycles. The number of ether oxygens (including phenoxy) is 1. The van der Waals surface area contributed by atoms with E-state index in [0.29, 0.717) is 6.42 Å². The van der Waals surface area contributed by atoms with Gasteiger partial charge in [0.25, 0.3) is 0 Å². The maximum atomic E-state index is 11.2. The Morgan fingerprint density at radius 1 is 1.33 bits per heavy atom. The fourth-order valence-electron chi connectivity index (χ4n) is 2.19. The zero-order chi connectivity index (χ0) is 12.8. The van der Waals surface area contributed by atoms with Gasteiger partial charge in [0.2, 0.25) is 0 Å². The molecule has 0 aromatic heterocycles. The van der Waals surface area contributed by atoms with E-state index in [0.717, 1.165) is 31.5 Å². The van der Waals surface area contributed by atoms with Crippen molar-refractivity contribution in [2.75, 3.05) is 13.1 Å². The molecule has 0 bridgehead atoms. The highest BCUT2D eigenvalue weighted by Crippen LogP contribution is 2.14. The molecule has 18 heavy (non-hydrogen) atoms. The van der Waals surface area contributed by atoms with E-state index in [9.17, 15) is 9.90 Å². The lowest BCUT2D eigenvalue weighted by Crippen LogP contribution is -2.38. The van der Waals surface area contributed by atoms with Crippen molar-refractivity contribution >= 4 is 5.97 Å². The Hall–Kier alpha value is -1.39. The molecule has 4 heteroatoms. The number of nitrogens with one attached hydrogen (secondary N) is 1. The molecule has 98 valence electrons. The van der Waals surface area contributed by atoms with Gasteiger partial charge in [-0.3, -0.25) is 0 Å². The van der Waals surface area contributed by atoms with Crippen molar-refractivity contribution in [1.82, 2.24) is 5.32 Å². The van der Waals surface area contributed by atoms with Crippen LogP contribution >= 0.6 is 0 Å². The molecule has 1 aliphatic rings. The molecule has 0 saturated carbocycles. The number of carbonyl (C=O) groups is 1. The van der Waals surface area contributed by atoms with E-state index < -0.39 is 12.1 Å². The monoisotopic (exact) mass is 249 g/mol. The van der Waals surface area contributed by atoms with E-state index >= 15 is 0 Å². The van der Waals surface area contributed by atoms with Crippen molar-refractivity contribution in [2.24, 2.45) is 0 Å². The van der Waals surface area contributed by atoms with Crippen molar-refractivity contribution in [2.45, 2.75) is 31.5 Å². The number of rotatable bonds is 5. The number of piperidine rings is 1. The van der Waals surface area contributed by atoms with Crippen LogP contribution in [0.3, 0.4) is 0 Å². The maximum Gasteiger partial charge on any atom is 0.333 e. The number of hydrogen-bond acceptors (Lipinski definition) is 3. The fraction of sp³-hybridized carbons (Fsp3) is 0.500. The number of benzene rings is 1. The molecular formula is C14H19NO3. The molecule has 1 fully saturated rings. The largest absolute Gasteiger partial charge is 0.479 e. The van der Waals surface area contributed by atoms with Gasteiger partial charge < -0.3 is 15.2 Å². The second-order valence-corrected chi connectivity index (χ2v) is 4.60. The number of carboxylic acid groups (broad SMARTS) is 1. The summed E-state index contributed by atoms with van der Waals surface area (Å²) < 4.78 is 5.72. The Morgan fingerprint density at radius 2 is 2.00 bits per heavy atom. The zero-order valence-corrected chi connectivity index (χ0v) is 10.3. The first kappa shape index (κ1) is 13.1. The third-order valence-electron chi connectivity index (χ3n) is 3.18. The van der Waals surface area contributed by atoms with Gasteiger partial charge in [0, 0.05) is 6.42 Å². The van der Waals surface area contributed by atoms with Crippen LogP contribution in [-0.2, 0) is 16.0 Å². The summed E-state index contributed by atoms with van der Waals surface area (Å²) in [6, 6.07) is 9.62. The summed E-state index contributed by atoms with van der Waals surface area (Å²) in [5, 5.41) is 12.5. The molecule has 1 aromatic rings. The van der Waals surface area contributed by atoms with E-state index in [1.54, 1.807) is 0 Å². The number of carboxylic acids is 1. The van der Waals surface area contributed by atoms with Crippen LogP contribution in [0.15, 0.2) is 30.3 Å². The molecule has 0 spiro atoms. The minimum atomic E-state index is -0.877. The normalized spacial score (nSPS) is 18.4. The lowest BCUT2D eigenvalue weighted by Gasteiger charge is -2.26. The van der Waals surface area contributed by atoms with Crippen molar-refractivity contribution in [3.8, 4) is 0 Å². The van der Waals surface area contributed by atoms with Crippen molar-refractivity contribution in [3.63, 3.8) is 0 Å². The molecule has 1 aliphatic heterocycles. The van der Waals surface area contributed by atoms with Crippen molar-refractivity contribution < 1.29 is 14.6 Å². The minimum Gasteiger partial charge on any atom is -0.479 e. The third kappa shape index (κ3) is 3.82. The Kier molecular flexibility index (Phi) is 4.73. The summed E-state index contributed by atoms with van der Waals surface area (Å²) in [7, 11) is 0. The average molecular weight is 249 g/mol. The molecule has 0 amide bonds. The molecule has 0 aliphatic carbocycles. The Bertz CT molecular complexity index is 374. The molecule has 1 heterocycles. The van der Waals surface area contributed by atoms with Gasteiger partial charge in [-0.1, -0.05) is 30.3 Å². The van der Waals surface area contributed by atoms with Gasteiger partial charge in [0.1, 0.15) is 0 Å². The van der Waals surface area contributed by atoms with Crippen LogP contribution in [0, 0.1) is 0 Å². The van der Waals surface area contributed by atoms with Crippen LogP contribution in [0.4, 0.5) is 0 Å². The smallest absolute Gasteiger partial charge is 0.333 e. The highest BCUT2D eigenvalue weighted by atomic mass is 16.5. The van der Waals surface area contributed by atoms with E-state index in [4.69, 9.17) is 4.74 Å². The second-order valence-electron chi connectivity index (χ2n) is 4.60. The number of aliphatic carboxylic acids is 1. The highest BCUT2D eigenvalue weighted by molar-refractivity contribution is 5.72. The first-order valence-corrected chi connectivity index (χ1v) is 6.38. The average Bonchev–Trinajstić information content (AvgIpc) is 2.40. The first-order valence-electron chi connectivity index (χ1n) is 6.38. The van der Waals surface area contributed by atoms with Gasteiger partial charge in [-0.15, -0.1) is 0 Å². The standard InChI is InChI=1S/C14H19NO3/c16-14(17)13(10-11-4-2-1-3-5-11)18-12-6-8-15-9-7-12/h1-5,12-13,15H,6-10H2,(H,16,17). The van der Waals surface area contributed by atoms with E-state index in [1.807, 2.05) is 30.3 Å². The van der Waals surface area contributed by atoms with E-state index in [1.165, 1.54) is 0 Å². The minimum absolute atomic E-state index is 0.0658. The van der Waals surface area contributed by atoms with Gasteiger partial charge >= 0.3 is 5.97 Å². The molecule has 2 rings (SSSR count). The topological polar surface area (TPSA) is 58.6 Å². The van der Waals surface area contributed by atoms with Crippen LogP contribution in [0.5, 0.6) is 0 Å². The molecule has 1 atom stereocenters. The summed E-state index contributed by atoms with van der Waals surface area (Å²) in [6.45, 7) is 1.81. The van der Waals surface area contributed by atoms with Gasteiger partial charge in [-0.05, 0) is 31.5 Å². The molecule has 4 nitrogen and oxygen atoms in total. The van der Waals surface area contributed by atoms with Crippen LogP contribution in [0.2, 0.25) is 0 Å². The number of hydrogen-bond donors (Lipinski definition) is 2. The van der Waals surface area contributed by atoms with Crippen LogP contribution in [0.1, 0.15) is 18.4 Å². The summed E-state index contributed by atoms with van der Waals surface area (Å²) in [4.78, 5) is 11.2. The summed E-state index contributed by atoms with van der Waals surface area (Å²) in [6.07, 6.45) is 1.53. The van der Waals surface area contributed by atoms with E-state index in [-0.39, 0.29) is 6.10 Å². The maximum absolute atomic E-state index is 11.2. The van der Waals surface area contributed by atoms with Gasteiger partial charge in [0.15, 0.2) is 6.10 Å². The van der Waals surface area contributed by atoms with Crippen molar-refractivity contribution in [3.05, 3.63) is 35.9 Å². The summed E-state index contributed by atoms with van der Waals surface area (Å²) in [5.41, 5.74) is 0.999. The van der Waals surface area contributed by atoms with Gasteiger partial charge in [0.05, 0.1) is 6.10 Å². The zero-order valence-electron chi connectivity index (χ0n) is 10.3.